The van der Waals surface area contributed by atoms with E-state index in [9.17, 15) is 9.59 Å². The number of thiazole rings is 1. The number of allylic oxidation sites excluding steroid dienone is 2. The van der Waals surface area contributed by atoms with Crippen molar-refractivity contribution in [3.63, 3.8) is 0 Å². The van der Waals surface area contributed by atoms with Crippen LogP contribution in [0.1, 0.15) is 48.4 Å². The van der Waals surface area contributed by atoms with Crippen LogP contribution in [0.15, 0.2) is 52.5 Å². The number of nitrogens with one attached hydrogen (secondary N) is 1. The molecule has 1 aromatic carbocycles. The fourth-order valence-corrected chi connectivity index (χ4v) is 3.64. The Morgan fingerprint density at radius 1 is 1.25 bits per heavy atom. The zero-order chi connectivity index (χ0) is 20.1. The standard InChI is InChI=1S/C22H22N2O3S/c1-4-7-17(19(25)5-2)16-10-9-15(12-14(16)3)18-13-28-22(23-18)24-21(26)20-8-6-11-27-20/h6-13H,4-5H2,1-3H3,(H,23,24,26)/b17-7+. The van der Waals surface area contributed by atoms with Crippen LogP contribution >= 0.6 is 11.3 Å². The average Bonchev–Trinajstić information content (AvgIpc) is 3.38. The van der Waals surface area contributed by atoms with Gasteiger partial charge in [0.2, 0.25) is 0 Å². The van der Waals surface area contributed by atoms with Crippen molar-refractivity contribution in [1.82, 2.24) is 4.98 Å². The van der Waals surface area contributed by atoms with Gasteiger partial charge in [0.05, 0.1) is 12.0 Å². The molecule has 5 nitrogen and oxygen atoms in total. The van der Waals surface area contributed by atoms with E-state index in [0.717, 1.165) is 34.4 Å². The summed E-state index contributed by atoms with van der Waals surface area (Å²) in [5.74, 6) is 0.0620. The normalized spacial score (nSPS) is 11.5. The largest absolute Gasteiger partial charge is 0.459 e. The maximum absolute atomic E-state index is 12.3. The summed E-state index contributed by atoms with van der Waals surface area (Å²) in [6.07, 6.45) is 4.74. The number of Topliss-reactive ketones (excluding diaryl/α,β-unsaturated/α-hetero) is 1. The number of benzene rings is 1. The van der Waals surface area contributed by atoms with E-state index in [2.05, 4.69) is 10.3 Å². The Labute approximate surface area is 168 Å². The van der Waals surface area contributed by atoms with Gasteiger partial charge in [-0.05, 0) is 42.7 Å². The average molecular weight is 394 g/mol. The van der Waals surface area contributed by atoms with Crippen molar-refractivity contribution in [2.24, 2.45) is 0 Å². The molecule has 3 rings (SSSR count). The van der Waals surface area contributed by atoms with Crippen LogP contribution in [-0.2, 0) is 4.79 Å². The highest BCUT2D eigenvalue weighted by Crippen LogP contribution is 2.29. The molecule has 1 amide bonds. The van der Waals surface area contributed by atoms with Gasteiger partial charge in [0.1, 0.15) is 0 Å². The number of nitrogens with zero attached hydrogens (tertiary/aromatic N) is 1. The van der Waals surface area contributed by atoms with E-state index in [1.54, 1.807) is 12.1 Å². The number of amides is 1. The zero-order valence-electron chi connectivity index (χ0n) is 16.1. The molecule has 144 valence electrons. The lowest BCUT2D eigenvalue weighted by atomic mass is 9.93. The Bertz CT molecular complexity index is 1020. The molecule has 0 fully saturated rings. The van der Waals surface area contributed by atoms with E-state index in [0.29, 0.717) is 11.6 Å². The van der Waals surface area contributed by atoms with E-state index in [1.807, 2.05) is 50.4 Å². The molecule has 0 saturated carbocycles. The second-order valence-electron chi connectivity index (χ2n) is 6.30. The Hall–Kier alpha value is -2.99. The van der Waals surface area contributed by atoms with Gasteiger partial charge in [-0.15, -0.1) is 11.3 Å². The Kier molecular flexibility index (Phi) is 6.21. The molecule has 6 heteroatoms. The summed E-state index contributed by atoms with van der Waals surface area (Å²) in [6, 6.07) is 9.22. The minimum absolute atomic E-state index is 0.147. The molecule has 0 spiro atoms. The summed E-state index contributed by atoms with van der Waals surface area (Å²) in [4.78, 5) is 28.9. The number of furan rings is 1. The number of aromatic nitrogens is 1. The van der Waals surface area contributed by atoms with E-state index in [-0.39, 0.29) is 17.5 Å². The van der Waals surface area contributed by atoms with Crippen LogP contribution in [0.4, 0.5) is 5.13 Å². The molecule has 0 atom stereocenters. The number of aryl methyl sites for hydroxylation is 1. The molecule has 3 aromatic rings. The summed E-state index contributed by atoms with van der Waals surface area (Å²) in [7, 11) is 0. The van der Waals surface area contributed by atoms with Crippen LogP contribution in [-0.4, -0.2) is 16.7 Å². The van der Waals surface area contributed by atoms with Crippen LogP contribution in [0.2, 0.25) is 0 Å². The third-order valence-corrected chi connectivity index (χ3v) is 5.07. The van der Waals surface area contributed by atoms with Gasteiger partial charge in [-0.2, -0.15) is 0 Å². The van der Waals surface area contributed by atoms with E-state index in [4.69, 9.17) is 4.42 Å². The topological polar surface area (TPSA) is 72.2 Å². The first-order valence-electron chi connectivity index (χ1n) is 9.18. The highest BCUT2D eigenvalue weighted by atomic mass is 32.1. The van der Waals surface area contributed by atoms with Crippen molar-refractivity contribution >= 4 is 33.7 Å². The van der Waals surface area contributed by atoms with Crippen molar-refractivity contribution in [2.75, 3.05) is 5.32 Å². The first kappa shape index (κ1) is 19.8. The number of carbonyl (C=O) groups is 2. The van der Waals surface area contributed by atoms with Gasteiger partial charge in [-0.1, -0.05) is 32.1 Å². The number of anilines is 1. The summed E-state index contributed by atoms with van der Waals surface area (Å²) in [5, 5.41) is 5.14. The number of ketones is 1. The predicted octanol–water partition coefficient (Wildman–Crippen LogP) is 5.74. The Morgan fingerprint density at radius 3 is 2.71 bits per heavy atom. The first-order valence-corrected chi connectivity index (χ1v) is 10.1. The summed E-state index contributed by atoms with van der Waals surface area (Å²) < 4.78 is 5.09. The highest BCUT2D eigenvalue weighted by molar-refractivity contribution is 7.14. The van der Waals surface area contributed by atoms with E-state index < -0.39 is 0 Å². The molecule has 0 saturated heterocycles. The molecule has 2 heterocycles. The van der Waals surface area contributed by atoms with Crippen molar-refractivity contribution in [2.45, 2.75) is 33.6 Å². The third kappa shape index (κ3) is 4.28. The Morgan fingerprint density at radius 2 is 2.07 bits per heavy atom. The van der Waals surface area contributed by atoms with Crippen LogP contribution in [0, 0.1) is 6.92 Å². The smallest absolute Gasteiger partial charge is 0.293 e. The third-order valence-electron chi connectivity index (χ3n) is 4.31. The van der Waals surface area contributed by atoms with Gasteiger partial charge in [0.25, 0.3) is 5.91 Å². The van der Waals surface area contributed by atoms with Crippen molar-refractivity contribution in [3.05, 3.63) is 64.9 Å². The van der Waals surface area contributed by atoms with Gasteiger partial charge in [0, 0.05) is 22.9 Å². The molecular weight excluding hydrogens is 372 g/mol. The van der Waals surface area contributed by atoms with E-state index in [1.165, 1.54) is 17.6 Å². The molecule has 1 N–H and O–H groups in total. The second kappa shape index (κ2) is 8.80. The second-order valence-corrected chi connectivity index (χ2v) is 7.16. The fraction of sp³-hybridized carbons (Fsp3) is 0.227. The maximum Gasteiger partial charge on any atom is 0.293 e. The molecule has 0 aliphatic carbocycles. The van der Waals surface area contributed by atoms with Crippen molar-refractivity contribution in [3.8, 4) is 11.3 Å². The molecule has 0 bridgehead atoms. The minimum Gasteiger partial charge on any atom is -0.459 e. The molecule has 28 heavy (non-hydrogen) atoms. The summed E-state index contributed by atoms with van der Waals surface area (Å²) in [5.41, 5.74) is 4.47. The quantitative estimate of drug-likeness (QED) is 0.519. The van der Waals surface area contributed by atoms with Crippen molar-refractivity contribution < 1.29 is 14.0 Å². The lowest BCUT2D eigenvalue weighted by Crippen LogP contribution is -2.10. The van der Waals surface area contributed by atoms with Gasteiger partial charge in [0.15, 0.2) is 16.7 Å². The van der Waals surface area contributed by atoms with Crippen LogP contribution in [0.3, 0.4) is 0 Å². The number of rotatable bonds is 7. The molecule has 2 aromatic heterocycles. The van der Waals surface area contributed by atoms with E-state index >= 15 is 0 Å². The molecule has 0 unspecified atom stereocenters. The number of carbonyl (C=O) groups excluding carboxylic acids is 2. The van der Waals surface area contributed by atoms with Crippen LogP contribution < -0.4 is 5.32 Å². The van der Waals surface area contributed by atoms with Crippen LogP contribution in [0.5, 0.6) is 0 Å². The summed E-state index contributed by atoms with van der Waals surface area (Å²) in [6.45, 7) is 5.90. The lowest BCUT2D eigenvalue weighted by molar-refractivity contribution is -0.113. The van der Waals surface area contributed by atoms with Gasteiger partial charge in [-0.25, -0.2) is 4.98 Å². The Balaban J connectivity index is 1.82. The number of hydrogen-bond donors (Lipinski definition) is 1. The minimum atomic E-state index is -0.329. The number of hydrogen-bond acceptors (Lipinski definition) is 5. The SMILES string of the molecule is CC/C=C(/C(=O)CC)c1ccc(-c2csc(NC(=O)c3ccco3)n2)cc1C. The maximum atomic E-state index is 12.3. The van der Waals surface area contributed by atoms with Crippen LogP contribution in [0.25, 0.3) is 16.8 Å². The highest BCUT2D eigenvalue weighted by Gasteiger charge is 2.15. The summed E-state index contributed by atoms with van der Waals surface area (Å²) >= 11 is 1.35. The fourth-order valence-electron chi connectivity index (χ4n) is 2.92. The lowest BCUT2D eigenvalue weighted by Gasteiger charge is -2.10. The molecule has 0 aliphatic rings. The van der Waals surface area contributed by atoms with Gasteiger partial charge in [-0.3, -0.25) is 14.9 Å². The van der Waals surface area contributed by atoms with Gasteiger partial charge < -0.3 is 4.42 Å². The zero-order valence-corrected chi connectivity index (χ0v) is 16.9. The molecular formula is C22H22N2O3S. The van der Waals surface area contributed by atoms with Crippen molar-refractivity contribution in [1.29, 1.82) is 0 Å². The monoisotopic (exact) mass is 394 g/mol. The predicted molar refractivity (Wildman–Crippen MR) is 113 cm³/mol. The first-order chi connectivity index (χ1) is 13.5. The van der Waals surface area contributed by atoms with Gasteiger partial charge >= 0.3 is 0 Å². The molecule has 0 radical (unpaired) electrons. The molecule has 0 aliphatic heterocycles.